The highest BCUT2D eigenvalue weighted by atomic mass is 32.2. The normalized spacial score (nSPS) is 15.4. The van der Waals surface area contributed by atoms with Gasteiger partial charge in [-0.05, 0) is 36.8 Å². The minimum absolute atomic E-state index is 0.181. The summed E-state index contributed by atoms with van der Waals surface area (Å²) in [6.45, 7) is 2.93. The van der Waals surface area contributed by atoms with Gasteiger partial charge >= 0.3 is 6.18 Å². The average molecular weight is 411 g/mol. The Morgan fingerprint density at radius 1 is 1.14 bits per heavy atom. The highest BCUT2D eigenvalue weighted by Crippen LogP contribution is 2.33. The van der Waals surface area contributed by atoms with Crippen molar-refractivity contribution in [2.24, 2.45) is 0 Å². The van der Waals surface area contributed by atoms with Crippen LogP contribution in [-0.2, 0) is 11.0 Å². The molecular weight excluding hydrogens is 387 g/mol. The number of carbonyl (C=O) groups excluding carboxylic acids is 1. The lowest BCUT2D eigenvalue weighted by Crippen LogP contribution is -2.48. The summed E-state index contributed by atoms with van der Waals surface area (Å²) in [5.74, 6) is 1.09. The van der Waals surface area contributed by atoms with Gasteiger partial charge in [-0.2, -0.15) is 13.2 Å². The molecule has 152 valence electrons. The molecule has 2 aromatic rings. The van der Waals surface area contributed by atoms with Crippen LogP contribution in [-0.4, -0.2) is 47.7 Å². The quantitative estimate of drug-likeness (QED) is 0.519. The van der Waals surface area contributed by atoms with Crippen molar-refractivity contribution in [1.29, 1.82) is 0 Å². The van der Waals surface area contributed by atoms with Gasteiger partial charge in [0.25, 0.3) is 0 Å². The van der Waals surface area contributed by atoms with Crippen LogP contribution in [0.2, 0.25) is 0 Å². The number of nitrogens with zero attached hydrogens (tertiary/aromatic N) is 2. The minimum atomic E-state index is -4.35. The number of hydrogen-bond donors (Lipinski definition) is 1. The molecule has 1 fully saturated rings. The van der Waals surface area contributed by atoms with E-state index in [2.05, 4.69) is 10.3 Å². The summed E-state index contributed by atoms with van der Waals surface area (Å²) in [5.41, 5.74) is -0.293. The topological polar surface area (TPSA) is 45.2 Å². The number of unbranched alkanes of at least 4 members (excludes halogenated alkanes) is 3. The number of halogens is 3. The molecule has 1 aromatic heterocycles. The molecule has 1 amide bonds. The van der Waals surface area contributed by atoms with Crippen molar-refractivity contribution in [1.82, 2.24) is 15.2 Å². The van der Waals surface area contributed by atoms with E-state index in [1.54, 1.807) is 18.0 Å². The first-order chi connectivity index (χ1) is 13.4. The van der Waals surface area contributed by atoms with Crippen molar-refractivity contribution >= 4 is 28.6 Å². The molecule has 1 saturated heterocycles. The van der Waals surface area contributed by atoms with Crippen LogP contribution in [0.25, 0.3) is 10.9 Å². The number of fused-ring (bicyclic) bond motifs is 1. The Hall–Kier alpha value is -1.80. The van der Waals surface area contributed by atoms with Crippen LogP contribution in [0.1, 0.15) is 31.2 Å². The van der Waals surface area contributed by atoms with Crippen molar-refractivity contribution in [3.8, 4) is 0 Å². The molecule has 3 rings (SSSR count). The number of carbonyl (C=O) groups is 1. The molecule has 0 radical (unpaired) electrons. The van der Waals surface area contributed by atoms with E-state index < -0.39 is 11.7 Å². The second-order valence-corrected chi connectivity index (χ2v) is 8.00. The summed E-state index contributed by atoms with van der Waals surface area (Å²) in [7, 11) is 0. The number of aromatic nitrogens is 1. The summed E-state index contributed by atoms with van der Waals surface area (Å²) >= 11 is 1.66. The van der Waals surface area contributed by atoms with E-state index >= 15 is 0 Å². The predicted octanol–water partition coefficient (Wildman–Crippen LogP) is 4.34. The number of thioether (sulfide) groups is 1. The summed E-state index contributed by atoms with van der Waals surface area (Å²) in [6.07, 6.45) is 1.40. The number of nitrogens with one attached hydrogen (secondary N) is 1. The molecule has 1 aliphatic rings. The fraction of sp³-hybridized carbons (Fsp3) is 0.500. The maximum atomic E-state index is 12.8. The van der Waals surface area contributed by atoms with E-state index in [1.807, 2.05) is 11.0 Å². The third-order valence-corrected chi connectivity index (χ3v) is 5.96. The van der Waals surface area contributed by atoms with Crippen molar-refractivity contribution in [3.63, 3.8) is 0 Å². The third-order valence-electron chi connectivity index (χ3n) is 4.80. The van der Waals surface area contributed by atoms with Gasteiger partial charge in [-0.1, -0.05) is 18.9 Å². The third kappa shape index (κ3) is 5.61. The van der Waals surface area contributed by atoms with Gasteiger partial charge in [0.2, 0.25) is 5.91 Å². The van der Waals surface area contributed by atoms with Crippen LogP contribution in [0.4, 0.5) is 13.2 Å². The number of pyridine rings is 1. The zero-order chi connectivity index (χ0) is 20.0. The van der Waals surface area contributed by atoms with E-state index in [-0.39, 0.29) is 5.91 Å². The fourth-order valence-electron chi connectivity index (χ4n) is 3.25. The van der Waals surface area contributed by atoms with Crippen LogP contribution in [0.15, 0.2) is 35.4 Å². The molecule has 0 atom stereocenters. The van der Waals surface area contributed by atoms with Gasteiger partial charge in [0.05, 0.1) is 17.6 Å². The van der Waals surface area contributed by atoms with Gasteiger partial charge < -0.3 is 10.2 Å². The van der Waals surface area contributed by atoms with Crippen LogP contribution >= 0.6 is 11.8 Å². The maximum Gasteiger partial charge on any atom is 0.416 e. The van der Waals surface area contributed by atoms with Gasteiger partial charge in [0.1, 0.15) is 0 Å². The molecule has 8 heteroatoms. The summed E-state index contributed by atoms with van der Waals surface area (Å²) < 4.78 is 38.5. The van der Waals surface area contributed by atoms with Gasteiger partial charge in [-0.25, -0.2) is 0 Å². The summed E-state index contributed by atoms with van der Waals surface area (Å²) in [4.78, 5) is 18.7. The standard InChI is InChI=1S/C20H24F3N3OS/c21-20(22,23)15-5-6-16-17(13-15)25-8-7-18(16)28-12-4-2-1-3-10-26-11-9-24-14-19(26)27/h5-8,13,24H,1-4,9-12,14H2. The fourth-order valence-corrected chi connectivity index (χ4v) is 4.30. The summed E-state index contributed by atoms with van der Waals surface area (Å²) in [5, 5.41) is 3.83. The number of rotatable bonds is 8. The summed E-state index contributed by atoms with van der Waals surface area (Å²) in [6, 6.07) is 5.59. The monoisotopic (exact) mass is 411 g/mol. The van der Waals surface area contributed by atoms with Crippen LogP contribution in [0, 0.1) is 0 Å². The average Bonchev–Trinajstić information content (AvgIpc) is 2.67. The SMILES string of the molecule is O=C1CNCCN1CCCCCCSc1ccnc2cc(C(F)(F)F)ccc12. The van der Waals surface area contributed by atoms with E-state index in [0.29, 0.717) is 12.1 Å². The Balaban J connectivity index is 1.42. The maximum absolute atomic E-state index is 12.8. The predicted molar refractivity (Wildman–Crippen MR) is 105 cm³/mol. The molecular formula is C20H24F3N3OS. The number of amides is 1. The highest BCUT2D eigenvalue weighted by molar-refractivity contribution is 7.99. The minimum Gasteiger partial charge on any atom is -0.340 e. The lowest BCUT2D eigenvalue weighted by atomic mass is 10.1. The van der Waals surface area contributed by atoms with Gasteiger partial charge in [0.15, 0.2) is 0 Å². The van der Waals surface area contributed by atoms with Crippen molar-refractivity contribution in [2.75, 3.05) is 31.9 Å². The first kappa shape index (κ1) is 20.9. The van der Waals surface area contributed by atoms with Crippen LogP contribution in [0.5, 0.6) is 0 Å². The van der Waals surface area contributed by atoms with E-state index in [9.17, 15) is 18.0 Å². The van der Waals surface area contributed by atoms with Crippen LogP contribution in [0.3, 0.4) is 0 Å². The molecule has 1 N–H and O–H groups in total. The zero-order valence-corrected chi connectivity index (χ0v) is 16.4. The molecule has 0 spiro atoms. The Morgan fingerprint density at radius 2 is 1.96 bits per heavy atom. The molecule has 1 aromatic carbocycles. The smallest absolute Gasteiger partial charge is 0.340 e. The van der Waals surface area contributed by atoms with E-state index in [0.717, 1.165) is 73.5 Å². The molecule has 0 unspecified atom stereocenters. The zero-order valence-electron chi connectivity index (χ0n) is 15.6. The van der Waals surface area contributed by atoms with E-state index in [4.69, 9.17) is 0 Å². The van der Waals surface area contributed by atoms with Gasteiger partial charge in [-0.3, -0.25) is 9.78 Å². The van der Waals surface area contributed by atoms with Crippen molar-refractivity contribution in [3.05, 3.63) is 36.0 Å². The number of piperazine rings is 1. The Bertz CT molecular complexity index is 813. The Kier molecular flexibility index (Phi) is 7.18. The second-order valence-electron chi connectivity index (χ2n) is 6.86. The molecule has 28 heavy (non-hydrogen) atoms. The molecule has 1 aliphatic heterocycles. The largest absolute Gasteiger partial charge is 0.416 e. The van der Waals surface area contributed by atoms with Crippen molar-refractivity contribution < 1.29 is 18.0 Å². The second kappa shape index (κ2) is 9.60. The Morgan fingerprint density at radius 3 is 2.75 bits per heavy atom. The number of hydrogen-bond acceptors (Lipinski definition) is 4. The molecule has 0 bridgehead atoms. The van der Waals surface area contributed by atoms with Gasteiger partial charge in [0, 0.05) is 36.1 Å². The lowest BCUT2D eigenvalue weighted by Gasteiger charge is -2.27. The first-order valence-electron chi connectivity index (χ1n) is 9.52. The van der Waals surface area contributed by atoms with Crippen molar-refractivity contribution in [2.45, 2.75) is 36.8 Å². The highest BCUT2D eigenvalue weighted by Gasteiger charge is 2.30. The number of benzene rings is 1. The molecule has 0 aliphatic carbocycles. The Labute approximate surface area is 166 Å². The molecule has 2 heterocycles. The number of alkyl halides is 3. The van der Waals surface area contributed by atoms with Gasteiger partial charge in [-0.15, -0.1) is 11.8 Å². The lowest BCUT2D eigenvalue weighted by molar-refractivity contribution is -0.137. The molecule has 4 nitrogen and oxygen atoms in total. The van der Waals surface area contributed by atoms with E-state index in [1.165, 1.54) is 6.07 Å². The van der Waals surface area contributed by atoms with Crippen LogP contribution < -0.4 is 5.32 Å². The molecule has 0 saturated carbocycles. The first-order valence-corrected chi connectivity index (χ1v) is 10.5.